The number of rotatable bonds is 3. The van der Waals surface area contributed by atoms with Gasteiger partial charge < -0.3 is 16.2 Å². The third-order valence-electron chi connectivity index (χ3n) is 3.09. The van der Waals surface area contributed by atoms with Crippen LogP contribution in [0.3, 0.4) is 0 Å². The molecule has 0 aliphatic heterocycles. The Bertz CT molecular complexity index is 731. The van der Waals surface area contributed by atoms with Gasteiger partial charge in [-0.2, -0.15) is 0 Å². The predicted molar refractivity (Wildman–Crippen MR) is 87.8 cm³/mol. The Hall–Kier alpha value is -2.63. The first-order chi connectivity index (χ1) is 10.8. The summed E-state index contributed by atoms with van der Waals surface area (Å²) >= 11 is 0. The number of carbonyl (C=O) groups excluding carboxylic acids is 1. The molecule has 0 bridgehead atoms. The van der Waals surface area contributed by atoms with Gasteiger partial charge in [0.1, 0.15) is 5.75 Å². The van der Waals surface area contributed by atoms with Crippen LogP contribution in [0.4, 0.5) is 20.2 Å². The number of benzene rings is 2. The number of hydrogen-bond donors (Lipinski definition) is 2. The molecule has 0 heterocycles. The second-order valence-electron chi connectivity index (χ2n) is 4.59. The molecule has 4 N–H and O–H groups in total. The van der Waals surface area contributed by atoms with E-state index in [1.165, 1.54) is 19.1 Å². The van der Waals surface area contributed by atoms with Crippen LogP contribution in [0.25, 0.3) is 0 Å². The molecule has 23 heavy (non-hydrogen) atoms. The summed E-state index contributed by atoms with van der Waals surface area (Å²) in [6.45, 7) is 6.94. The number of ketones is 1. The number of ether oxygens (including phenoxy) is 1. The third-order valence-corrected chi connectivity index (χ3v) is 3.09. The maximum atomic E-state index is 13.8. The minimum Gasteiger partial charge on any atom is -0.451 e. The standard InChI is InChI=1S/C15H14F2N2O2.C2H6/c1-7-12(6-5-10(18)13(7)8(2)20)21-15-9(16)3-4-11(19)14(15)17;1-2/h3-6H,18-19H2,1-2H3;1-2H3. The first kappa shape index (κ1) is 18.4. The smallest absolute Gasteiger partial charge is 0.200 e. The number of nitrogen functional groups attached to an aromatic ring is 2. The first-order valence-electron chi connectivity index (χ1n) is 7.14. The highest BCUT2D eigenvalue weighted by molar-refractivity contribution is 6.01. The van der Waals surface area contributed by atoms with Crippen LogP contribution in [-0.2, 0) is 0 Å². The second kappa shape index (κ2) is 7.58. The van der Waals surface area contributed by atoms with Gasteiger partial charge in [0.05, 0.1) is 5.69 Å². The summed E-state index contributed by atoms with van der Waals surface area (Å²) in [5, 5.41) is 0. The SMILES string of the molecule is CC.CC(=O)c1c(N)ccc(Oc2c(F)ccc(N)c2F)c1C. The second-order valence-corrected chi connectivity index (χ2v) is 4.59. The van der Waals surface area contributed by atoms with Crippen molar-refractivity contribution in [2.75, 3.05) is 11.5 Å². The average molecular weight is 322 g/mol. The number of anilines is 2. The fourth-order valence-corrected chi connectivity index (χ4v) is 2.04. The van der Waals surface area contributed by atoms with E-state index in [4.69, 9.17) is 16.2 Å². The zero-order valence-corrected chi connectivity index (χ0v) is 13.5. The van der Waals surface area contributed by atoms with Crippen molar-refractivity contribution >= 4 is 17.2 Å². The molecule has 0 aliphatic carbocycles. The zero-order valence-electron chi connectivity index (χ0n) is 13.5. The van der Waals surface area contributed by atoms with Crippen LogP contribution in [0.15, 0.2) is 24.3 Å². The normalized spacial score (nSPS) is 9.83. The molecule has 0 saturated heterocycles. The van der Waals surface area contributed by atoms with Gasteiger partial charge in [-0.15, -0.1) is 0 Å². The molecule has 0 radical (unpaired) electrons. The van der Waals surface area contributed by atoms with Gasteiger partial charge in [0, 0.05) is 16.8 Å². The van der Waals surface area contributed by atoms with Crippen LogP contribution < -0.4 is 16.2 Å². The molecule has 0 atom stereocenters. The Balaban J connectivity index is 0.00000127. The molecule has 0 aromatic heterocycles. The van der Waals surface area contributed by atoms with Crippen molar-refractivity contribution in [3.8, 4) is 11.5 Å². The van der Waals surface area contributed by atoms with Gasteiger partial charge in [0.25, 0.3) is 0 Å². The molecular formula is C17H20F2N2O2. The highest BCUT2D eigenvalue weighted by atomic mass is 19.1. The van der Waals surface area contributed by atoms with Crippen LogP contribution in [0.5, 0.6) is 11.5 Å². The molecule has 0 unspecified atom stereocenters. The third kappa shape index (κ3) is 3.77. The molecule has 6 heteroatoms. The lowest BCUT2D eigenvalue weighted by Gasteiger charge is -2.14. The van der Waals surface area contributed by atoms with Crippen molar-refractivity contribution in [2.24, 2.45) is 0 Å². The Morgan fingerprint density at radius 1 is 1.04 bits per heavy atom. The Morgan fingerprint density at radius 3 is 2.17 bits per heavy atom. The molecule has 0 spiro atoms. The molecule has 2 aromatic carbocycles. The number of carbonyl (C=O) groups is 1. The topological polar surface area (TPSA) is 78.3 Å². The van der Waals surface area contributed by atoms with E-state index in [1.807, 2.05) is 13.8 Å². The quantitative estimate of drug-likeness (QED) is 0.646. The molecule has 4 nitrogen and oxygen atoms in total. The minimum absolute atomic E-state index is 0.137. The van der Waals surface area contributed by atoms with Crippen molar-refractivity contribution in [1.29, 1.82) is 0 Å². The van der Waals surface area contributed by atoms with Crippen LogP contribution in [0, 0.1) is 18.6 Å². The van der Waals surface area contributed by atoms with Gasteiger partial charge in [0.15, 0.2) is 17.4 Å². The van der Waals surface area contributed by atoms with E-state index in [-0.39, 0.29) is 28.5 Å². The molecule has 0 amide bonds. The highest BCUT2D eigenvalue weighted by Gasteiger charge is 2.18. The van der Waals surface area contributed by atoms with E-state index in [2.05, 4.69) is 0 Å². The van der Waals surface area contributed by atoms with Crippen LogP contribution in [0.2, 0.25) is 0 Å². The van der Waals surface area contributed by atoms with E-state index in [9.17, 15) is 13.6 Å². The molecule has 0 aliphatic rings. The number of hydrogen-bond acceptors (Lipinski definition) is 4. The van der Waals surface area contributed by atoms with Gasteiger partial charge in [-0.25, -0.2) is 8.78 Å². The van der Waals surface area contributed by atoms with Gasteiger partial charge in [-0.3, -0.25) is 4.79 Å². The highest BCUT2D eigenvalue weighted by Crippen LogP contribution is 2.34. The number of nitrogens with two attached hydrogens (primary N) is 2. The van der Waals surface area contributed by atoms with Crippen molar-refractivity contribution in [3.63, 3.8) is 0 Å². The maximum absolute atomic E-state index is 13.8. The van der Waals surface area contributed by atoms with Crippen molar-refractivity contribution in [3.05, 3.63) is 47.0 Å². The van der Waals surface area contributed by atoms with Gasteiger partial charge in [-0.1, -0.05) is 13.8 Å². The average Bonchev–Trinajstić information content (AvgIpc) is 2.51. The van der Waals surface area contributed by atoms with Crippen LogP contribution in [0.1, 0.15) is 36.7 Å². The van der Waals surface area contributed by atoms with E-state index in [0.717, 1.165) is 12.1 Å². The Labute approximate surface area is 134 Å². The maximum Gasteiger partial charge on any atom is 0.200 e. The van der Waals surface area contributed by atoms with Crippen molar-refractivity contribution in [1.82, 2.24) is 0 Å². The van der Waals surface area contributed by atoms with Crippen LogP contribution in [-0.4, -0.2) is 5.78 Å². The summed E-state index contributed by atoms with van der Waals surface area (Å²) in [4.78, 5) is 11.6. The van der Waals surface area contributed by atoms with Gasteiger partial charge in [0.2, 0.25) is 5.75 Å². The predicted octanol–water partition coefficient (Wildman–Crippen LogP) is 4.46. The van der Waals surface area contributed by atoms with E-state index in [1.54, 1.807) is 6.92 Å². The lowest BCUT2D eigenvalue weighted by atomic mass is 10.0. The summed E-state index contributed by atoms with van der Waals surface area (Å²) in [6, 6.07) is 5.00. The summed E-state index contributed by atoms with van der Waals surface area (Å²) in [7, 11) is 0. The lowest BCUT2D eigenvalue weighted by molar-refractivity contribution is 0.101. The largest absolute Gasteiger partial charge is 0.451 e. The first-order valence-corrected chi connectivity index (χ1v) is 7.14. The Morgan fingerprint density at radius 2 is 1.61 bits per heavy atom. The molecule has 2 rings (SSSR count). The van der Waals surface area contributed by atoms with Crippen LogP contribution >= 0.6 is 0 Å². The summed E-state index contributed by atoms with van der Waals surface area (Å²) in [6.07, 6.45) is 0. The fraction of sp³-hybridized carbons (Fsp3) is 0.235. The number of Topliss-reactive ketones (excluding diaryl/α,β-unsaturated/α-hetero) is 1. The fourth-order valence-electron chi connectivity index (χ4n) is 2.04. The summed E-state index contributed by atoms with van der Waals surface area (Å²) in [5.41, 5.74) is 11.8. The molecule has 2 aromatic rings. The number of halogens is 2. The summed E-state index contributed by atoms with van der Waals surface area (Å²) in [5.74, 6) is -2.61. The molecule has 124 valence electrons. The molecular weight excluding hydrogens is 302 g/mol. The molecule has 0 fully saturated rings. The van der Waals surface area contributed by atoms with Crippen molar-refractivity contribution < 1.29 is 18.3 Å². The van der Waals surface area contributed by atoms with E-state index < -0.39 is 17.4 Å². The van der Waals surface area contributed by atoms with Gasteiger partial charge >= 0.3 is 0 Å². The van der Waals surface area contributed by atoms with E-state index >= 15 is 0 Å². The zero-order chi connectivity index (χ0) is 17.7. The Kier molecular flexibility index (Phi) is 6.07. The minimum atomic E-state index is -0.990. The van der Waals surface area contributed by atoms with Crippen molar-refractivity contribution in [2.45, 2.75) is 27.7 Å². The lowest BCUT2D eigenvalue weighted by Crippen LogP contribution is -2.05. The summed E-state index contributed by atoms with van der Waals surface area (Å²) < 4.78 is 32.8. The molecule has 0 saturated carbocycles. The van der Waals surface area contributed by atoms with Gasteiger partial charge in [-0.05, 0) is 38.1 Å². The van der Waals surface area contributed by atoms with E-state index in [0.29, 0.717) is 5.56 Å². The monoisotopic (exact) mass is 322 g/mol.